The minimum Gasteiger partial charge on any atom is -0.497 e. The fourth-order valence-electron chi connectivity index (χ4n) is 2.45. The van der Waals surface area contributed by atoms with Gasteiger partial charge in [0.25, 0.3) is 0 Å². The minimum atomic E-state index is -0.210. The molecule has 0 unspecified atom stereocenters. The van der Waals surface area contributed by atoms with Crippen LogP contribution in [0.2, 0.25) is 0 Å². The van der Waals surface area contributed by atoms with Crippen molar-refractivity contribution in [3.8, 4) is 5.75 Å². The highest BCUT2D eigenvalue weighted by molar-refractivity contribution is 7.07. The first-order valence-electron chi connectivity index (χ1n) is 8.39. The van der Waals surface area contributed by atoms with E-state index in [0.29, 0.717) is 24.2 Å². The molecule has 0 saturated carbocycles. The van der Waals surface area contributed by atoms with Crippen molar-refractivity contribution in [3.63, 3.8) is 0 Å². The van der Waals surface area contributed by atoms with E-state index in [1.54, 1.807) is 48.9 Å². The predicted octanol–water partition coefficient (Wildman–Crippen LogP) is 3.16. The molecule has 7 nitrogen and oxygen atoms in total. The Morgan fingerprint density at radius 1 is 1.11 bits per heavy atom. The number of amides is 2. The summed E-state index contributed by atoms with van der Waals surface area (Å²) in [6, 6.07) is 9.08. The van der Waals surface area contributed by atoms with Crippen molar-refractivity contribution < 1.29 is 14.3 Å². The van der Waals surface area contributed by atoms with Gasteiger partial charge in [0.1, 0.15) is 12.3 Å². The summed E-state index contributed by atoms with van der Waals surface area (Å²) in [4.78, 5) is 24.1. The summed E-state index contributed by atoms with van der Waals surface area (Å²) in [6.45, 7) is 0.0524. The third kappa shape index (κ3) is 5.68. The maximum atomic E-state index is 12.1. The van der Waals surface area contributed by atoms with E-state index >= 15 is 0 Å². The van der Waals surface area contributed by atoms with E-state index in [1.165, 1.54) is 10.9 Å². The van der Waals surface area contributed by atoms with Gasteiger partial charge < -0.3 is 15.4 Å². The highest BCUT2D eigenvalue weighted by atomic mass is 32.1. The number of hydrogen-bond donors (Lipinski definition) is 2. The molecule has 2 N–H and O–H groups in total. The second kappa shape index (κ2) is 9.00. The molecule has 1 aromatic carbocycles. The molecule has 2 amide bonds. The Morgan fingerprint density at radius 2 is 1.89 bits per heavy atom. The summed E-state index contributed by atoms with van der Waals surface area (Å²) < 4.78 is 6.56. The summed E-state index contributed by atoms with van der Waals surface area (Å²) in [6.07, 6.45) is 4.27. The molecule has 3 aromatic rings. The van der Waals surface area contributed by atoms with Crippen LogP contribution in [0.25, 0.3) is 0 Å². The predicted molar refractivity (Wildman–Crippen MR) is 105 cm³/mol. The van der Waals surface area contributed by atoms with Gasteiger partial charge in [0.2, 0.25) is 11.8 Å². The van der Waals surface area contributed by atoms with E-state index in [2.05, 4.69) is 15.7 Å². The largest absolute Gasteiger partial charge is 0.497 e. The zero-order chi connectivity index (χ0) is 19.1. The summed E-state index contributed by atoms with van der Waals surface area (Å²) in [5.74, 6) is 0.432. The van der Waals surface area contributed by atoms with E-state index < -0.39 is 0 Å². The molecule has 0 aliphatic heterocycles. The van der Waals surface area contributed by atoms with Gasteiger partial charge in [0.15, 0.2) is 0 Å². The number of thiophene rings is 1. The lowest BCUT2D eigenvalue weighted by atomic mass is 10.2. The smallest absolute Gasteiger partial charge is 0.246 e. The molecule has 0 aliphatic rings. The van der Waals surface area contributed by atoms with Gasteiger partial charge in [0.05, 0.1) is 19.0 Å². The van der Waals surface area contributed by atoms with Crippen LogP contribution >= 0.6 is 11.3 Å². The van der Waals surface area contributed by atoms with Gasteiger partial charge in [-0.25, -0.2) is 0 Å². The highest BCUT2D eigenvalue weighted by Crippen LogP contribution is 2.15. The van der Waals surface area contributed by atoms with Crippen molar-refractivity contribution in [1.29, 1.82) is 0 Å². The number of rotatable bonds is 8. The van der Waals surface area contributed by atoms with Gasteiger partial charge in [0, 0.05) is 18.3 Å². The standard InChI is InChI=1S/C19H20N4O3S/c1-26-17-5-3-15(4-6-17)21-19(25)12-23-11-16(10-20-23)22-18(24)7-2-14-8-9-27-13-14/h3-6,8-11,13H,2,7,12H2,1H3,(H,21,25)(H,22,24). The summed E-state index contributed by atoms with van der Waals surface area (Å²) >= 11 is 1.62. The first-order chi connectivity index (χ1) is 13.1. The average molecular weight is 384 g/mol. The molecule has 0 bridgehead atoms. The van der Waals surface area contributed by atoms with E-state index in [1.807, 2.05) is 16.8 Å². The van der Waals surface area contributed by atoms with Crippen LogP contribution in [0.15, 0.2) is 53.5 Å². The number of nitrogens with zero attached hydrogens (tertiary/aromatic N) is 2. The second-order valence-electron chi connectivity index (χ2n) is 5.88. The number of anilines is 2. The molecule has 0 saturated heterocycles. The lowest BCUT2D eigenvalue weighted by Gasteiger charge is -2.06. The quantitative estimate of drug-likeness (QED) is 0.625. The van der Waals surface area contributed by atoms with Gasteiger partial charge in [-0.15, -0.1) is 0 Å². The number of ether oxygens (including phenoxy) is 1. The number of hydrogen-bond acceptors (Lipinski definition) is 5. The maximum absolute atomic E-state index is 12.1. The van der Waals surface area contributed by atoms with Gasteiger partial charge >= 0.3 is 0 Å². The molecule has 2 heterocycles. The van der Waals surface area contributed by atoms with Crippen LogP contribution in [-0.4, -0.2) is 28.7 Å². The summed E-state index contributed by atoms with van der Waals surface area (Å²) in [5.41, 5.74) is 2.40. The lowest BCUT2D eigenvalue weighted by Crippen LogP contribution is -2.19. The Hall–Kier alpha value is -3.13. The number of benzene rings is 1. The first-order valence-corrected chi connectivity index (χ1v) is 9.34. The number of aryl methyl sites for hydroxylation is 1. The fraction of sp³-hybridized carbons (Fsp3) is 0.211. The number of aromatic nitrogens is 2. The highest BCUT2D eigenvalue weighted by Gasteiger charge is 2.08. The van der Waals surface area contributed by atoms with E-state index in [4.69, 9.17) is 4.74 Å². The number of carbonyl (C=O) groups excluding carboxylic acids is 2. The molecule has 3 rings (SSSR count). The van der Waals surface area contributed by atoms with Gasteiger partial charge in [-0.05, 0) is 53.1 Å². The second-order valence-corrected chi connectivity index (χ2v) is 6.66. The zero-order valence-electron chi connectivity index (χ0n) is 14.8. The molecule has 0 radical (unpaired) electrons. The van der Waals surface area contributed by atoms with Crippen LogP contribution in [0.4, 0.5) is 11.4 Å². The molecule has 0 atom stereocenters. The molecule has 8 heteroatoms. The maximum Gasteiger partial charge on any atom is 0.246 e. The molecular weight excluding hydrogens is 364 g/mol. The van der Waals surface area contributed by atoms with Crippen molar-refractivity contribution in [2.24, 2.45) is 0 Å². The molecule has 0 spiro atoms. The van der Waals surface area contributed by atoms with E-state index in [-0.39, 0.29) is 18.4 Å². The van der Waals surface area contributed by atoms with Crippen LogP contribution in [0.5, 0.6) is 5.75 Å². The van der Waals surface area contributed by atoms with Crippen LogP contribution in [-0.2, 0) is 22.6 Å². The first kappa shape index (κ1) is 18.7. The minimum absolute atomic E-state index is 0.0524. The molecule has 27 heavy (non-hydrogen) atoms. The van der Waals surface area contributed by atoms with E-state index in [0.717, 1.165) is 11.3 Å². The van der Waals surface area contributed by atoms with E-state index in [9.17, 15) is 9.59 Å². The van der Waals surface area contributed by atoms with Crippen molar-refractivity contribution >= 4 is 34.5 Å². The van der Waals surface area contributed by atoms with Crippen molar-refractivity contribution in [1.82, 2.24) is 9.78 Å². The molecular formula is C19H20N4O3S. The Labute approximate surface area is 161 Å². The third-order valence-electron chi connectivity index (χ3n) is 3.82. The van der Waals surface area contributed by atoms with Gasteiger partial charge in [-0.2, -0.15) is 16.4 Å². The third-order valence-corrected chi connectivity index (χ3v) is 4.55. The lowest BCUT2D eigenvalue weighted by molar-refractivity contribution is -0.117. The number of carbonyl (C=O) groups is 2. The van der Waals surface area contributed by atoms with Crippen LogP contribution in [0.3, 0.4) is 0 Å². The summed E-state index contributed by atoms with van der Waals surface area (Å²) in [5, 5.41) is 13.7. The monoisotopic (exact) mass is 384 g/mol. The van der Waals surface area contributed by atoms with Crippen molar-refractivity contribution in [2.75, 3.05) is 17.7 Å². The number of nitrogens with one attached hydrogen (secondary N) is 2. The fourth-order valence-corrected chi connectivity index (χ4v) is 3.16. The summed E-state index contributed by atoms with van der Waals surface area (Å²) in [7, 11) is 1.59. The van der Waals surface area contributed by atoms with Gasteiger partial charge in [-0.1, -0.05) is 0 Å². The normalized spacial score (nSPS) is 10.4. The van der Waals surface area contributed by atoms with Crippen LogP contribution in [0, 0.1) is 0 Å². The van der Waals surface area contributed by atoms with Crippen molar-refractivity contribution in [3.05, 3.63) is 59.0 Å². The Balaban J connectivity index is 1.46. The van der Waals surface area contributed by atoms with Gasteiger partial charge in [-0.3, -0.25) is 14.3 Å². The molecule has 0 aliphatic carbocycles. The van der Waals surface area contributed by atoms with Crippen molar-refractivity contribution in [2.45, 2.75) is 19.4 Å². The SMILES string of the molecule is COc1ccc(NC(=O)Cn2cc(NC(=O)CCc3ccsc3)cn2)cc1. The Kier molecular flexibility index (Phi) is 6.22. The average Bonchev–Trinajstić information content (AvgIpc) is 3.33. The Morgan fingerprint density at radius 3 is 2.59 bits per heavy atom. The van der Waals surface area contributed by atoms with Crippen LogP contribution < -0.4 is 15.4 Å². The topological polar surface area (TPSA) is 85.2 Å². The molecule has 140 valence electrons. The van der Waals surface area contributed by atoms with Crippen LogP contribution in [0.1, 0.15) is 12.0 Å². The zero-order valence-corrected chi connectivity index (χ0v) is 15.7. The molecule has 2 aromatic heterocycles. The number of methoxy groups -OCH3 is 1. The molecule has 0 fully saturated rings. The Bertz CT molecular complexity index is 888.